The molecule has 0 saturated heterocycles. The highest BCUT2D eigenvalue weighted by atomic mass is 127. The monoisotopic (exact) mass is 396 g/mol. The van der Waals surface area contributed by atoms with Gasteiger partial charge < -0.3 is 0 Å². The minimum atomic E-state index is 0.465. The van der Waals surface area contributed by atoms with Crippen molar-refractivity contribution in [2.75, 3.05) is 0 Å². The zero-order valence-corrected chi connectivity index (χ0v) is 13.4. The van der Waals surface area contributed by atoms with Crippen molar-refractivity contribution in [3.05, 3.63) is 31.7 Å². The lowest BCUT2D eigenvalue weighted by Gasteiger charge is -2.04. The molecule has 0 amide bonds. The first kappa shape index (κ1) is 14.0. The molecule has 0 spiro atoms. The third-order valence-electron chi connectivity index (χ3n) is 2.44. The maximum absolute atomic E-state index is 6.11. The average Bonchev–Trinajstić information content (AvgIpc) is 2.68. The summed E-state index contributed by atoms with van der Waals surface area (Å²) >= 11 is 14.1. The summed E-state index contributed by atoms with van der Waals surface area (Å²) in [5.41, 5.74) is 0.977. The largest absolute Gasteiger partial charge is 0.234 e. The molecule has 0 aliphatic heterocycles. The van der Waals surface area contributed by atoms with Crippen LogP contribution in [0, 0.1) is 3.70 Å². The fraction of sp³-hybridized carbons (Fsp3) is 0.364. The van der Waals surface area contributed by atoms with E-state index < -0.39 is 0 Å². The van der Waals surface area contributed by atoms with Crippen molar-refractivity contribution in [3.8, 4) is 5.82 Å². The van der Waals surface area contributed by atoms with Gasteiger partial charge in [0.05, 0.1) is 15.7 Å². The first-order valence-electron chi connectivity index (χ1n) is 5.55. The van der Waals surface area contributed by atoms with E-state index in [1.165, 1.54) is 0 Å². The Morgan fingerprint density at radius 1 is 1.39 bits per heavy atom. The van der Waals surface area contributed by atoms with Crippen LogP contribution < -0.4 is 0 Å². The highest BCUT2D eigenvalue weighted by molar-refractivity contribution is 14.1. The molecule has 2 heterocycles. The van der Waals surface area contributed by atoms with Crippen molar-refractivity contribution in [3.63, 3.8) is 0 Å². The van der Waals surface area contributed by atoms with Crippen LogP contribution in [0.4, 0.5) is 0 Å². The molecule has 2 rings (SSSR count). The third kappa shape index (κ3) is 2.95. The smallest absolute Gasteiger partial charge is 0.175 e. The van der Waals surface area contributed by atoms with E-state index in [1.54, 1.807) is 16.9 Å². The molecule has 0 radical (unpaired) electrons. The Bertz CT molecular complexity index is 556. The molecule has 7 heteroatoms. The van der Waals surface area contributed by atoms with Crippen LogP contribution in [-0.4, -0.2) is 20.0 Å². The van der Waals surface area contributed by atoms with Gasteiger partial charge in [0.15, 0.2) is 5.82 Å². The Balaban J connectivity index is 2.36. The van der Waals surface area contributed by atoms with Crippen LogP contribution in [0.25, 0.3) is 5.82 Å². The molecule has 0 atom stereocenters. The SMILES string of the molecule is CCCCc1nnn(-c2ncc(Cl)cc2Cl)c1I. The molecular weight excluding hydrogens is 386 g/mol. The number of aryl methyl sites for hydroxylation is 1. The van der Waals surface area contributed by atoms with Gasteiger partial charge in [0.2, 0.25) is 0 Å². The van der Waals surface area contributed by atoms with E-state index in [0.717, 1.165) is 28.7 Å². The Labute approximate surface area is 129 Å². The predicted molar refractivity (Wildman–Crippen MR) is 80.5 cm³/mol. The van der Waals surface area contributed by atoms with E-state index in [0.29, 0.717) is 15.9 Å². The van der Waals surface area contributed by atoms with Crippen molar-refractivity contribution in [1.82, 2.24) is 20.0 Å². The second kappa shape index (κ2) is 6.16. The van der Waals surface area contributed by atoms with Gasteiger partial charge in [-0.2, -0.15) is 4.68 Å². The molecule has 2 aromatic rings. The lowest BCUT2D eigenvalue weighted by atomic mass is 10.2. The van der Waals surface area contributed by atoms with Crippen LogP contribution in [0.15, 0.2) is 12.3 Å². The van der Waals surface area contributed by atoms with Gasteiger partial charge in [-0.3, -0.25) is 0 Å². The topological polar surface area (TPSA) is 43.6 Å². The average molecular weight is 397 g/mol. The van der Waals surface area contributed by atoms with Crippen LogP contribution in [0.5, 0.6) is 0 Å². The first-order chi connectivity index (χ1) is 8.63. The van der Waals surface area contributed by atoms with Gasteiger partial charge in [-0.1, -0.05) is 41.8 Å². The first-order valence-corrected chi connectivity index (χ1v) is 7.38. The fourth-order valence-corrected chi connectivity index (χ4v) is 2.66. The highest BCUT2D eigenvalue weighted by Crippen LogP contribution is 2.24. The normalized spacial score (nSPS) is 10.9. The van der Waals surface area contributed by atoms with Crippen molar-refractivity contribution in [2.24, 2.45) is 0 Å². The highest BCUT2D eigenvalue weighted by Gasteiger charge is 2.14. The summed E-state index contributed by atoms with van der Waals surface area (Å²) in [5.74, 6) is 0.556. The summed E-state index contributed by atoms with van der Waals surface area (Å²) in [5, 5.41) is 9.24. The minimum absolute atomic E-state index is 0.465. The van der Waals surface area contributed by atoms with E-state index in [-0.39, 0.29) is 0 Å². The number of pyridine rings is 1. The molecule has 0 aliphatic rings. The number of rotatable bonds is 4. The maximum atomic E-state index is 6.11. The lowest BCUT2D eigenvalue weighted by Crippen LogP contribution is -2.03. The summed E-state index contributed by atoms with van der Waals surface area (Å²) in [6.07, 6.45) is 4.69. The third-order valence-corrected chi connectivity index (χ3v) is 4.00. The second-order valence-corrected chi connectivity index (χ2v) is 5.67. The van der Waals surface area contributed by atoms with Crippen molar-refractivity contribution < 1.29 is 0 Å². The number of halogens is 3. The molecule has 0 bridgehead atoms. The van der Waals surface area contributed by atoms with Gasteiger partial charge in [-0.05, 0) is 41.5 Å². The quantitative estimate of drug-likeness (QED) is 0.735. The Morgan fingerprint density at radius 2 is 2.17 bits per heavy atom. The zero-order chi connectivity index (χ0) is 13.1. The minimum Gasteiger partial charge on any atom is -0.234 e. The Morgan fingerprint density at radius 3 is 2.83 bits per heavy atom. The fourth-order valence-electron chi connectivity index (χ4n) is 1.50. The Hall–Kier alpha value is -0.400. The standard InChI is InChI=1S/C11H11Cl2IN4/c1-2-3-4-9-10(14)18(17-16-9)11-8(13)5-7(12)6-15-11/h5-6H,2-4H2,1H3. The number of aromatic nitrogens is 4. The molecule has 0 aliphatic carbocycles. The summed E-state index contributed by atoms with van der Waals surface area (Å²) < 4.78 is 2.59. The molecule has 0 fully saturated rings. The van der Waals surface area contributed by atoms with Crippen molar-refractivity contribution >= 4 is 45.8 Å². The molecule has 96 valence electrons. The number of hydrogen-bond acceptors (Lipinski definition) is 3. The van der Waals surface area contributed by atoms with Gasteiger partial charge in [0.25, 0.3) is 0 Å². The van der Waals surface area contributed by atoms with Gasteiger partial charge in [-0.25, -0.2) is 4.98 Å². The molecule has 4 nitrogen and oxygen atoms in total. The molecule has 2 aromatic heterocycles. The van der Waals surface area contributed by atoms with E-state index in [2.05, 4.69) is 44.8 Å². The predicted octanol–water partition coefficient (Wildman–Crippen LogP) is 3.92. The van der Waals surface area contributed by atoms with Gasteiger partial charge >= 0.3 is 0 Å². The van der Waals surface area contributed by atoms with Crippen LogP contribution in [-0.2, 0) is 6.42 Å². The van der Waals surface area contributed by atoms with Crippen LogP contribution >= 0.6 is 45.8 Å². The summed E-state index contributed by atoms with van der Waals surface area (Å²) in [4.78, 5) is 4.19. The Kier molecular flexibility index (Phi) is 4.80. The van der Waals surface area contributed by atoms with Crippen LogP contribution in [0.1, 0.15) is 25.5 Å². The number of nitrogens with zero attached hydrogens (tertiary/aromatic N) is 4. The van der Waals surface area contributed by atoms with E-state index in [4.69, 9.17) is 23.2 Å². The van der Waals surface area contributed by atoms with Gasteiger partial charge in [0, 0.05) is 6.20 Å². The number of hydrogen-bond donors (Lipinski definition) is 0. The molecule has 0 unspecified atom stereocenters. The number of unbranched alkanes of at least 4 members (excludes halogenated alkanes) is 1. The van der Waals surface area contributed by atoms with E-state index >= 15 is 0 Å². The lowest BCUT2D eigenvalue weighted by molar-refractivity contribution is 0.754. The molecule has 18 heavy (non-hydrogen) atoms. The molecule has 0 N–H and O–H groups in total. The molecule has 0 aromatic carbocycles. The van der Waals surface area contributed by atoms with Crippen molar-refractivity contribution in [1.29, 1.82) is 0 Å². The zero-order valence-electron chi connectivity index (χ0n) is 9.70. The second-order valence-electron chi connectivity index (χ2n) is 3.80. The molecule has 0 saturated carbocycles. The summed E-state index contributed by atoms with van der Waals surface area (Å²) in [6, 6.07) is 1.65. The van der Waals surface area contributed by atoms with Gasteiger partial charge in [0.1, 0.15) is 3.70 Å². The summed E-state index contributed by atoms with van der Waals surface area (Å²) in [6.45, 7) is 2.15. The van der Waals surface area contributed by atoms with Gasteiger partial charge in [-0.15, -0.1) is 5.10 Å². The molecular formula is C11H11Cl2IN4. The van der Waals surface area contributed by atoms with E-state index in [9.17, 15) is 0 Å². The van der Waals surface area contributed by atoms with Crippen molar-refractivity contribution in [2.45, 2.75) is 26.2 Å². The van der Waals surface area contributed by atoms with E-state index in [1.807, 2.05) is 0 Å². The van der Waals surface area contributed by atoms with Crippen LogP contribution in [0.3, 0.4) is 0 Å². The maximum Gasteiger partial charge on any atom is 0.175 e. The summed E-state index contributed by atoms with van der Waals surface area (Å²) in [7, 11) is 0. The van der Waals surface area contributed by atoms with Crippen LogP contribution in [0.2, 0.25) is 10.0 Å².